The summed E-state index contributed by atoms with van der Waals surface area (Å²) in [5.74, 6) is 6.91. The van der Waals surface area contributed by atoms with Gasteiger partial charge < -0.3 is 5.32 Å². The third-order valence-corrected chi connectivity index (χ3v) is 1.61. The highest BCUT2D eigenvalue weighted by atomic mass is 14.9. The van der Waals surface area contributed by atoms with Gasteiger partial charge in [0, 0.05) is 5.92 Å². The summed E-state index contributed by atoms with van der Waals surface area (Å²) in [6.07, 6.45) is 2.52. The maximum atomic E-state index is 3.34. The second-order valence-corrected chi connectivity index (χ2v) is 3.09. The molecule has 0 radical (unpaired) electrons. The first-order valence-corrected chi connectivity index (χ1v) is 4.03. The van der Waals surface area contributed by atoms with Crippen LogP contribution in [0.15, 0.2) is 0 Å². The SMILES string of the molecule is CC(C)C#CC1CCCN1. The van der Waals surface area contributed by atoms with E-state index in [9.17, 15) is 0 Å². The standard InChI is InChI=1S/C9H15N/c1-8(2)5-6-9-4-3-7-10-9/h8-10H,3-4,7H2,1-2H3. The maximum absolute atomic E-state index is 3.34. The molecule has 0 spiro atoms. The van der Waals surface area contributed by atoms with E-state index in [-0.39, 0.29) is 0 Å². The van der Waals surface area contributed by atoms with Crippen LogP contribution in [0, 0.1) is 17.8 Å². The molecule has 0 aliphatic carbocycles. The van der Waals surface area contributed by atoms with Crippen LogP contribution >= 0.6 is 0 Å². The second-order valence-electron chi connectivity index (χ2n) is 3.09. The van der Waals surface area contributed by atoms with E-state index < -0.39 is 0 Å². The highest BCUT2D eigenvalue weighted by Gasteiger charge is 2.09. The molecule has 56 valence electrons. The van der Waals surface area contributed by atoms with Crippen LogP contribution in [-0.4, -0.2) is 12.6 Å². The smallest absolute Gasteiger partial charge is 0.0690 e. The van der Waals surface area contributed by atoms with Crippen molar-refractivity contribution in [1.29, 1.82) is 0 Å². The van der Waals surface area contributed by atoms with Crippen LogP contribution in [0.4, 0.5) is 0 Å². The van der Waals surface area contributed by atoms with Crippen molar-refractivity contribution >= 4 is 0 Å². The van der Waals surface area contributed by atoms with Crippen LogP contribution in [-0.2, 0) is 0 Å². The average molecular weight is 137 g/mol. The Morgan fingerprint density at radius 1 is 1.50 bits per heavy atom. The molecule has 10 heavy (non-hydrogen) atoms. The van der Waals surface area contributed by atoms with E-state index in [1.807, 2.05) is 0 Å². The van der Waals surface area contributed by atoms with E-state index >= 15 is 0 Å². The molecule has 0 aromatic heterocycles. The third-order valence-electron chi connectivity index (χ3n) is 1.61. The average Bonchev–Trinajstić information content (AvgIpc) is 2.34. The van der Waals surface area contributed by atoms with E-state index in [0.717, 1.165) is 6.54 Å². The Kier molecular flexibility index (Phi) is 2.77. The van der Waals surface area contributed by atoms with Crippen molar-refractivity contribution in [3.05, 3.63) is 0 Å². The maximum Gasteiger partial charge on any atom is 0.0690 e. The zero-order valence-corrected chi connectivity index (χ0v) is 6.78. The molecular weight excluding hydrogens is 122 g/mol. The molecule has 1 aliphatic rings. The van der Waals surface area contributed by atoms with Crippen molar-refractivity contribution < 1.29 is 0 Å². The molecule has 1 fully saturated rings. The van der Waals surface area contributed by atoms with Gasteiger partial charge in [0.2, 0.25) is 0 Å². The van der Waals surface area contributed by atoms with E-state index in [2.05, 4.69) is 31.0 Å². The summed E-state index contributed by atoms with van der Waals surface area (Å²) < 4.78 is 0. The molecule has 0 aromatic carbocycles. The van der Waals surface area contributed by atoms with Crippen molar-refractivity contribution in [3.63, 3.8) is 0 Å². The summed E-state index contributed by atoms with van der Waals surface area (Å²) in [5.41, 5.74) is 0. The van der Waals surface area contributed by atoms with Crippen LogP contribution in [0.5, 0.6) is 0 Å². The largest absolute Gasteiger partial charge is 0.304 e. The van der Waals surface area contributed by atoms with Crippen LogP contribution in [0.3, 0.4) is 0 Å². The van der Waals surface area contributed by atoms with Crippen molar-refractivity contribution in [3.8, 4) is 11.8 Å². The van der Waals surface area contributed by atoms with E-state index in [1.54, 1.807) is 0 Å². The minimum absolute atomic E-state index is 0.488. The van der Waals surface area contributed by atoms with E-state index in [0.29, 0.717) is 12.0 Å². The number of rotatable bonds is 0. The second kappa shape index (κ2) is 3.63. The van der Waals surface area contributed by atoms with Crippen LogP contribution < -0.4 is 5.32 Å². The Morgan fingerprint density at radius 2 is 2.30 bits per heavy atom. The number of nitrogens with one attached hydrogen (secondary N) is 1. The molecule has 0 saturated carbocycles. The van der Waals surface area contributed by atoms with Gasteiger partial charge in [-0.05, 0) is 19.4 Å². The topological polar surface area (TPSA) is 12.0 Å². The zero-order valence-electron chi connectivity index (χ0n) is 6.78. The van der Waals surface area contributed by atoms with Gasteiger partial charge in [0.25, 0.3) is 0 Å². The fourth-order valence-electron chi connectivity index (χ4n) is 1.07. The number of hydrogen-bond donors (Lipinski definition) is 1. The Labute approximate surface area is 63.2 Å². The first kappa shape index (κ1) is 7.63. The molecule has 1 N–H and O–H groups in total. The third kappa shape index (κ3) is 2.41. The lowest BCUT2D eigenvalue weighted by Gasteiger charge is -1.98. The Balaban J connectivity index is 2.31. The minimum Gasteiger partial charge on any atom is -0.304 e. The van der Waals surface area contributed by atoms with Gasteiger partial charge >= 0.3 is 0 Å². The molecule has 1 heteroatoms. The summed E-state index contributed by atoms with van der Waals surface area (Å²) in [5, 5.41) is 3.34. The molecule has 0 aromatic rings. The molecule has 1 atom stereocenters. The highest BCUT2D eigenvalue weighted by Crippen LogP contribution is 2.03. The summed E-state index contributed by atoms with van der Waals surface area (Å²) in [7, 11) is 0. The van der Waals surface area contributed by atoms with Crippen molar-refractivity contribution in [1.82, 2.24) is 5.32 Å². The monoisotopic (exact) mass is 137 g/mol. The molecule has 0 bridgehead atoms. The van der Waals surface area contributed by atoms with Gasteiger partial charge in [-0.25, -0.2) is 0 Å². The molecule has 1 unspecified atom stereocenters. The Bertz CT molecular complexity index is 144. The van der Waals surface area contributed by atoms with Gasteiger partial charge in [0.05, 0.1) is 6.04 Å². The van der Waals surface area contributed by atoms with Crippen molar-refractivity contribution in [2.24, 2.45) is 5.92 Å². The van der Waals surface area contributed by atoms with Crippen LogP contribution in [0.25, 0.3) is 0 Å². The lowest BCUT2D eigenvalue weighted by atomic mass is 10.2. The Morgan fingerprint density at radius 3 is 2.80 bits per heavy atom. The molecule has 1 rings (SSSR count). The fraction of sp³-hybridized carbons (Fsp3) is 0.778. The first-order valence-electron chi connectivity index (χ1n) is 4.03. The summed E-state index contributed by atoms with van der Waals surface area (Å²) >= 11 is 0. The molecule has 0 amide bonds. The van der Waals surface area contributed by atoms with Crippen molar-refractivity contribution in [2.45, 2.75) is 32.7 Å². The first-order chi connectivity index (χ1) is 4.79. The predicted octanol–water partition coefficient (Wildman–Crippen LogP) is 1.40. The minimum atomic E-state index is 0.488. The Hall–Kier alpha value is -0.480. The van der Waals surface area contributed by atoms with Gasteiger partial charge in [-0.1, -0.05) is 25.7 Å². The summed E-state index contributed by atoms with van der Waals surface area (Å²) in [4.78, 5) is 0. The predicted molar refractivity (Wildman–Crippen MR) is 43.6 cm³/mol. The number of hydrogen-bond acceptors (Lipinski definition) is 1. The van der Waals surface area contributed by atoms with Crippen molar-refractivity contribution in [2.75, 3.05) is 6.54 Å². The normalized spacial score (nSPS) is 24.5. The van der Waals surface area contributed by atoms with E-state index in [4.69, 9.17) is 0 Å². The van der Waals surface area contributed by atoms with E-state index in [1.165, 1.54) is 12.8 Å². The van der Waals surface area contributed by atoms with Crippen LogP contribution in [0.2, 0.25) is 0 Å². The highest BCUT2D eigenvalue weighted by molar-refractivity contribution is 5.10. The summed E-state index contributed by atoms with van der Waals surface area (Å²) in [6.45, 7) is 5.40. The molecule has 1 aliphatic heterocycles. The molecule has 1 heterocycles. The van der Waals surface area contributed by atoms with Gasteiger partial charge in [-0.15, -0.1) is 0 Å². The van der Waals surface area contributed by atoms with Gasteiger partial charge in [-0.2, -0.15) is 0 Å². The lowest BCUT2D eigenvalue weighted by molar-refractivity contribution is 0.744. The fourth-order valence-corrected chi connectivity index (χ4v) is 1.07. The van der Waals surface area contributed by atoms with Gasteiger partial charge in [0.1, 0.15) is 0 Å². The molecular formula is C9H15N. The van der Waals surface area contributed by atoms with Crippen LogP contribution in [0.1, 0.15) is 26.7 Å². The van der Waals surface area contributed by atoms with Gasteiger partial charge in [0.15, 0.2) is 0 Å². The summed E-state index contributed by atoms with van der Waals surface area (Å²) in [6, 6.07) is 0.488. The zero-order chi connectivity index (χ0) is 7.40. The lowest BCUT2D eigenvalue weighted by Crippen LogP contribution is -2.18. The molecule has 1 saturated heterocycles. The molecule has 1 nitrogen and oxygen atoms in total. The quantitative estimate of drug-likeness (QED) is 0.498. The van der Waals surface area contributed by atoms with Gasteiger partial charge in [-0.3, -0.25) is 0 Å².